The second-order valence-electron chi connectivity index (χ2n) is 3.72. The van der Waals surface area contributed by atoms with E-state index in [9.17, 15) is 4.79 Å². The quantitative estimate of drug-likeness (QED) is 0.907. The lowest BCUT2D eigenvalue weighted by molar-refractivity contribution is 0.0948. The van der Waals surface area contributed by atoms with E-state index < -0.39 is 0 Å². The van der Waals surface area contributed by atoms with E-state index in [1.807, 2.05) is 0 Å². The average molecular weight is 260 g/mol. The molecule has 0 heterocycles. The van der Waals surface area contributed by atoms with Gasteiger partial charge in [-0.25, -0.2) is 0 Å². The Labute approximate surface area is 104 Å². The molecule has 1 fully saturated rings. The van der Waals surface area contributed by atoms with Crippen molar-refractivity contribution in [3.8, 4) is 5.75 Å². The number of hydrogen-bond acceptors (Lipinski definition) is 2. The van der Waals surface area contributed by atoms with Gasteiger partial charge in [-0.15, -0.1) is 0 Å². The van der Waals surface area contributed by atoms with Crippen LogP contribution in [0.2, 0.25) is 10.0 Å². The number of nitrogens with one attached hydrogen (secondary N) is 1. The molecule has 0 saturated heterocycles. The molecule has 1 saturated carbocycles. The van der Waals surface area contributed by atoms with E-state index >= 15 is 0 Å². The molecule has 1 N–H and O–H groups in total. The van der Waals surface area contributed by atoms with Gasteiger partial charge in [0.1, 0.15) is 5.75 Å². The van der Waals surface area contributed by atoms with Gasteiger partial charge in [-0.2, -0.15) is 0 Å². The van der Waals surface area contributed by atoms with Crippen molar-refractivity contribution in [2.75, 3.05) is 7.11 Å². The number of hydrogen-bond donors (Lipinski definition) is 1. The summed E-state index contributed by atoms with van der Waals surface area (Å²) < 4.78 is 5.10. The maximum atomic E-state index is 11.9. The fourth-order valence-corrected chi connectivity index (χ4v) is 2.00. The van der Waals surface area contributed by atoms with Crippen LogP contribution in [0.3, 0.4) is 0 Å². The third-order valence-corrected chi connectivity index (χ3v) is 2.87. The molecule has 0 aromatic heterocycles. The van der Waals surface area contributed by atoms with Gasteiger partial charge in [-0.3, -0.25) is 4.79 Å². The number of benzene rings is 1. The molecule has 5 heteroatoms. The average Bonchev–Trinajstić information content (AvgIpc) is 3.00. The fourth-order valence-electron chi connectivity index (χ4n) is 1.43. The van der Waals surface area contributed by atoms with Crippen LogP contribution in [0.4, 0.5) is 0 Å². The summed E-state index contributed by atoms with van der Waals surface area (Å²) in [6.45, 7) is 0. The number of rotatable bonds is 3. The van der Waals surface area contributed by atoms with Crippen LogP contribution in [0.15, 0.2) is 12.1 Å². The van der Waals surface area contributed by atoms with E-state index in [2.05, 4.69) is 5.32 Å². The molecular formula is C11H11Cl2NO2. The first-order valence-corrected chi connectivity index (χ1v) is 5.71. The van der Waals surface area contributed by atoms with Crippen molar-refractivity contribution in [3.63, 3.8) is 0 Å². The van der Waals surface area contributed by atoms with Crippen molar-refractivity contribution in [3.05, 3.63) is 27.7 Å². The van der Waals surface area contributed by atoms with E-state index in [4.69, 9.17) is 27.9 Å². The molecule has 0 unspecified atom stereocenters. The van der Waals surface area contributed by atoms with Crippen molar-refractivity contribution in [2.24, 2.45) is 0 Å². The number of carbonyl (C=O) groups excluding carboxylic acids is 1. The van der Waals surface area contributed by atoms with Crippen LogP contribution in [-0.2, 0) is 0 Å². The van der Waals surface area contributed by atoms with Gasteiger partial charge in [-0.05, 0) is 25.0 Å². The lowest BCUT2D eigenvalue weighted by atomic mass is 10.2. The Morgan fingerprint density at radius 2 is 2.12 bits per heavy atom. The smallest absolute Gasteiger partial charge is 0.255 e. The predicted octanol–water partition coefficient (Wildman–Crippen LogP) is 2.89. The van der Waals surface area contributed by atoms with Crippen LogP contribution < -0.4 is 10.1 Å². The summed E-state index contributed by atoms with van der Waals surface area (Å²) in [6, 6.07) is 3.40. The number of methoxy groups -OCH3 is 1. The number of halogens is 2. The van der Waals surface area contributed by atoms with Gasteiger partial charge in [0.2, 0.25) is 0 Å². The molecule has 0 bridgehead atoms. The molecule has 1 aliphatic carbocycles. The number of amides is 1. The van der Waals surface area contributed by atoms with E-state index in [0.29, 0.717) is 21.4 Å². The van der Waals surface area contributed by atoms with Gasteiger partial charge in [0.05, 0.1) is 17.7 Å². The lowest BCUT2D eigenvalue weighted by Crippen LogP contribution is -2.25. The van der Waals surface area contributed by atoms with Crippen LogP contribution in [0, 0.1) is 0 Å². The first kappa shape index (κ1) is 11.6. The Morgan fingerprint density at radius 3 is 2.69 bits per heavy atom. The van der Waals surface area contributed by atoms with Gasteiger partial charge in [0.25, 0.3) is 5.91 Å². The first-order valence-electron chi connectivity index (χ1n) is 4.95. The zero-order chi connectivity index (χ0) is 11.7. The van der Waals surface area contributed by atoms with Crippen molar-refractivity contribution in [2.45, 2.75) is 18.9 Å². The van der Waals surface area contributed by atoms with Crippen molar-refractivity contribution in [1.29, 1.82) is 0 Å². The van der Waals surface area contributed by atoms with Crippen LogP contribution in [0.25, 0.3) is 0 Å². The first-order chi connectivity index (χ1) is 7.61. The highest BCUT2D eigenvalue weighted by molar-refractivity contribution is 6.36. The van der Waals surface area contributed by atoms with Crippen LogP contribution >= 0.6 is 23.2 Å². The maximum Gasteiger partial charge on any atom is 0.255 e. The fraction of sp³-hybridized carbons (Fsp3) is 0.364. The Balaban J connectivity index is 2.32. The van der Waals surface area contributed by atoms with Crippen molar-refractivity contribution in [1.82, 2.24) is 5.32 Å². The van der Waals surface area contributed by atoms with Gasteiger partial charge >= 0.3 is 0 Å². The Bertz CT molecular complexity index is 430. The third kappa shape index (κ3) is 2.42. The van der Waals surface area contributed by atoms with Crippen LogP contribution in [-0.4, -0.2) is 19.1 Å². The summed E-state index contributed by atoms with van der Waals surface area (Å²) in [6.07, 6.45) is 2.06. The van der Waals surface area contributed by atoms with E-state index in [1.165, 1.54) is 7.11 Å². The van der Waals surface area contributed by atoms with Gasteiger partial charge < -0.3 is 10.1 Å². The molecule has 16 heavy (non-hydrogen) atoms. The molecule has 1 aromatic rings. The zero-order valence-corrected chi connectivity index (χ0v) is 10.2. The standard InChI is InChI=1S/C11H11Cl2NO2/c1-16-10-8(4-6(12)5-9(10)13)11(15)14-7-2-3-7/h4-5,7H,2-3H2,1H3,(H,14,15). The summed E-state index contributed by atoms with van der Waals surface area (Å²) in [5.74, 6) is 0.174. The van der Waals surface area contributed by atoms with Crippen molar-refractivity contribution >= 4 is 29.1 Å². The van der Waals surface area contributed by atoms with E-state index in [0.717, 1.165) is 12.8 Å². The summed E-state index contributed by atoms with van der Waals surface area (Å²) in [4.78, 5) is 11.9. The summed E-state index contributed by atoms with van der Waals surface area (Å²) in [5.41, 5.74) is 0.381. The molecule has 0 spiro atoms. The summed E-state index contributed by atoms with van der Waals surface area (Å²) >= 11 is 11.8. The third-order valence-electron chi connectivity index (χ3n) is 2.37. The lowest BCUT2D eigenvalue weighted by Gasteiger charge is -2.10. The van der Waals surface area contributed by atoms with Gasteiger partial charge in [-0.1, -0.05) is 23.2 Å². The maximum absolute atomic E-state index is 11.9. The molecule has 1 aromatic carbocycles. The van der Waals surface area contributed by atoms with Gasteiger partial charge in [0, 0.05) is 11.1 Å². The highest BCUT2D eigenvalue weighted by Gasteiger charge is 2.26. The minimum Gasteiger partial charge on any atom is -0.494 e. The monoisotopic (exact) mass is 259 g/mol. The topological polar surface area (TPSA) is 38.3 Å². The Hall–Kier alpha value is -0.930. The minimum absolute atomic E-state index is 0.191. The van der Waals surface area contributed by atoms with Crippen LogP contribution in [0.1, 0.15) is 23.2 Å². The number of ether oxygens (including phenoxy) is 1. The molecule has 1 aliphatic rings. The van der Waals surface area contributed by atoms with Crippen LogP contribution in [0.5, 0.6) is 5.75 Å². The van der Waals surface area contributed by atoms with E-state index in [-0.39, 0.29) is 11.9 Å². The Kier molecular flexibility index (Phi) is 3.26. The minimum atomic E-state index is -0.191. The molecule has 2 rings (SSSR count). The second kappa shape index (κ2) is 4.52. The second-order valence-corrected chi connectivity index (χ2v) is 4.56. The molecular weight excluding hydrogens is 249 g/mol. The van der Waals surface area contributed by atoms with Crippen molar-refractivity contribution < 1.29 is 9.53 Å². The molecule has 86 valence electrons. The van der Waals surface area contributed by atoms with E-state index in [1.54, 1.807) is 12.1 Å². The predicted molar refractivity (Wildman–Crippen MR) is 63.5 cm³/mol. The molecule has 0 radical (unpaired) electrons. The molecule has 1 amide bonds. The molecule has 0 atom stereocenters. The largest absolute Gasteiger partial charge is 0.494 e. The van der Waals surface area contributed by atoms with Gasteiger partial charge in [0.15, 0.2) is 0 Å². The SMILES string of the molecule is COc1c(Cl)cc(Cl)cc1C(=O)NC1CC1. The zero-order valence-electron chi connectivity index (χ0n) is 8.72. The normalized spacial score (nSPS) is 14.7. The Morgan fingerprint density at radius 1 is 1.44 bits per heavy atom. The highest BCUT2D eigenvalue weighted by atomic mass is 35.5. The summed E-state index contributed by atoms with van der Waals surface area (Å²) in [5, 5.41) is 3.63. The number of carbonyl (C=O) groups is 1. The molecule has 0 aliphatic heterocycles. The highest BCUT2D eigenvalue weighted by Crippen LogP contribution is 2.32. The molecule has 3 nitrogen and oxygen atoms in total. The summed E-state index contributed by atoms with van der Waals surface area (Å²) in [7, 11) is 1.48.